The Morgan fingerprint density at radius 1 is 1.40 bits per heavy atom. The van der Waals surface area contributed by atoms with Crippen LogP contribution in [0, 0.1) is 0 Å². The Balaban J connectivity index is 2.54. The first-order valence-electron chi connectivity index (χ1n) is 3.15. The highest BCUT2D eigenvalue weighted by Gasteiger charge is 2.35. The number of carboxylic acids is 1. The second kappa shape index (κ2) is 2.56. The molecule has 0 saturated carbocycles. The van der Waals surface area contributed by atoms with Gasteiger partial charge in [0.1, 0.15) is 0 Å². The van der Waals surface area contributed by atoms with Crippen molar-refractivity contribution < 1.29 is 19.4 Å². The van der Waals surface area contributed by atoms with Crippen LogP contribution in [-0.4, -0.2) is 29.6 Å². The molecule has 4 nitrogen and oxygen atoms in total. The maximum atomic E-state index is 10.4. The van der Waals surface area contributed by atoms with Gasteiger partial charge in [-0.3, -0.25) is 0 Å². The smallest absolute Gasteiger partial charge is 0.335 e. The van der Waals surface area contributed by atoms with Crippen molar-refractivity contribution in [2.24, 2.45) is 0 Å². The monoisotopic (exact) mass is 146 g/mol. The molecule has 0 aromatic rings. The third kappa shape index (κ3) is 1.27. The van der Waals surface area contributed by atoms with E-state index in [1.165, 1.54) is 0 Å². The van der Waals surface area contributed by atoms with Gasteiger partial charge < -0.3 is 14.6 Å². The molecule has 1 rings (SSSR count). The maximum absolute atomic E-state index is 10.4. The van der Waals surface area contributed by atoms with Crippen molar-refractivity contribution in [1.82, 2.24) is 0 Å². The van der Waals surface area contributed by atoms with Gasteiger partial charge in [-0.1, -0.05) is 0 Å². The lowest BCUT2D eigenvalue weighted by Crippen LogP contribution is -2.28. The zero-order valence-electron chi connectivity index (χ0n) is 5.90. The van der Waals surface area contributed by atoms with Gasteiger partial charge in [-0.25, -0.2) is 4.79 Å². The molecule has 1 saturated heterocycles. The first-order chi connectivity index (χ1) is 4.61. The Morgan fingerprint density at radius 2 is 2.00 bits per heavy atom. The van der Waals surface area contributed by atoms with Crippen LogP contribution in [0.1, 0.15) is 13.8 Å². The molecule has 1 heterocycles. The van der Waals surface area contributed by atoms with E-state index in [0.717, 1.165) is 0 Å². The predicted octanol–water partition coefficient (Wildman–Crippen LogP) is 0.221. The fraction of sp³-hybridized carbons (Fsp3) is 0.833. The van der Waals surface area contributed by atoms with Crippen molar-refractivity contribution in [3.8, 4) is 0 Å². The number of hydrogen-bond acceptors (Lipinski definition) is 3. The summed E-state index contributed by atoms with van der Waals surface area (Å²) in [5, 5.41) is 8.50. The fourth-order valence-corrected chi connectivity index (χ4v) is 0.982. The molecular weight excluding hydrogens is 136 g/mol. The van der Waals surface area contributed by atoms with Crippen LogP contribution in [0.4, 0.5) is 0 Å². The molecule has 1 N–H and O–H groups in total. The fourth-order valence-electron chi connectivity index (χ4n) is 0.982. The third-order valence-corrected chi connectivity index (χ3v) is 1.41. The van der Waals surface area contributed by atoms with Crippen LogP contribution < -0.4 is 0 Å². The lowest BCUT2D eigenvalue weighted by molar-refractivity contribution is -0.150. The number of aliphatic carboxylic acids is 1. The van der Waals surface area contributed by atoms with E-state index in [-0.39, 0.29) is 6.10 Å². The summed E-state index contributed by atoms with van der Waals surface area (Å²) < 4.78 is 9.95. The zero-order chi connectivity index (χ0) is 7.72. The van der Waals surface area contributed by atoms with Crippen LogP contribution in [0.25, 0.3) is 0 Å². The van der Waals surface area contributed by atoms with Crippen LogP contribution in [0.15, 0.2) is 0 Å². The molecule has 0 aromatic heterocycles. The molecule has 0 bridgehead atoms. The molecule has 0 aliphatic carbocycles. The Kier molecular flexibility index (Phi) is 1.92. The second-order valence-electron chi connectivity index (χ2n) is 2.30. The van der Waals surface area contributed by atoms with Gasteiger partial charge in [0.05, 0.1) is 6.10 Å². The van der Waals surface area contributed by atoms with Gasteiger partial charge in [0.2, 0.25) is 0 Å². The molecule has 0 radical (unpaired) electrons. The summed E-state index contributed by atoms with van der Waals surface area (Å²) in [7, 11) is 0. The minimum atomic E-state index is -0.961. The minimum absolute atomic E-state index is 0.340. The van der Waals surface area contributed by atoms with Gasteiger partial charge in [0.15, 0.2) is 12.4 Å². The van der Waals surface area contributed by atoms with Crippen LogP contribution >= 0.6 is 0 Å². The van der Waals surface area contributed by atoms with E-state index >= 15 is 0 Å². The third-order valence-electron chi connectivity index (χ3n) is 1.41. The Morgan fingerprint density at radius 3 is 2.20 bits per heavy atom. The molecule has 0 spiro atoms. The van der Waals surface area contributed by atoms with Crippen molar-refractivity contribution in [3.05, 3.63) is 0 Å². The molecule has 3 atom stereocenters. The Labute approximate surface area is 58.7 Å². The Hall–Kier alpha value is -0.610. The van der Waals surface area contributed by atoms with Crippen LogP contribution in [0.3, 0.4) is 0 Å². The van der Waals surface area contributed by atoms with Gasteiger partial charge in [0, 0.05) is 0 Å². The largest absolute Gasteiger partial charge is 0.479 e. The standard InChI is InChI=1S/C6H10O4/c1-3-5(6(7)8)10-4(2)9-3/h3-5H,1-2H3,(H,7,8)/t3-,4?,5+/m0/s1. The van der Waals surface area contributed by atoms with Gasteiger partial charge in [-0.15, -0.1) is 0 Å². The van der Waals surface area contributed by atoms with Gasteiger partial charge in [-0.2, -0.15) is 0 Å². The van der Waals surface area contributed by atoms with Crippen LogP contribution in [0.5, 0.6) is 0 Å². The molecule has 0 aromatic carbocycles. The predicted molar refractivity (Wildman–Crippen MR) is 32.5 cm³/mol. The highest BCUT2D eigenvalue weighted by atomic mass is 16.7. The Bertz CT molecular complexity index is 145. The van der Waals surface area contributed by atoms with Crippen molar-refractivity contribution >= 4 is 5.97 Å². The highest BCUT2D eigenvalue weighted by molar-refractivity contribution is 5.73. The summed E-state index contributed by atoms with van der Waals surface area (Å²) >= 11 is 0. The molecule has 58 valence electrons. The summed E-state index contributed by atoms with van der Waals surface area (Å²) in [5.74, 6) is -0.961. The van der Waals surface area contributed by atoms with E-state index in [1.807, 2.05) is 0 Å². The molecule has 4 heteroatoms. The van der Waals surface area contributed by atoms with Crippen molar-refractivity contribution in [2.45, 2.75) is 32.3 Å². The van der Waals surface area contributed by atoms with Gasteiger partial charge >= 0.3 is 5.97 Å². The summed E-state index contributed by atoms with van der Waals surface area (Å²) in [6, 6.07) is 0. The molecule has 0 amide bonds. The number of ether oxygens (including phenoxy) is 2. The first-order valence-corrected chi connectivity index (χ1v) is 3.15. The molecule has 1 unspecified atom stereocenters. The second-order valence-corrected chi connectivity index (χ2v) is 2.30. The van der Waals surface area contributed by atoms with Crippen molar-refractivity contribution in [1.29, 1.82) is 0 Å². The molecule has 1 aliphatic heterocycles. The highest BCUT2D eigenvalue weighted by Crippen LogP contribution is 2.17. The maximum Gasteiger partial charge on any atom is 0.335 e. The number of rotatable bonds is 1. The van der Waals surface area contributed by atoms with E-state index in [2.05, 4.69) is 0 Å². The molecule has 1 aliphatic rings. The summed E-state index contributed by atoms with van der Waals surface area (Å²) in [6.07, 6.45) is -1.53. The zero-order valence-corrected chi connectivity index (χ0v) is 5.90. The average Bonchev–Trinajstić information content (AvgIpc) is 2.10. The SMILES string of the molecule is CC1O[C@@H](C)[C@H](C(=O)O)O1. The van der Waals surface area contributed by atoms with Crippen molar-refractivity contribution in [3.63, 3.8) is 0 Å². The van der Waals surface area contributed by atoms with Crippen LogP contribution in [0.2, 0.25) is 0 Å². The lowest BCUT2D eigenvalue weighted by Gasteiger charge is -2.04. The van der Waals surface area contributed by atoms with E-state index in [9.17, 15) is 4.79 Å². The number of carbonyl (C=O) groups is 1. The van der Waals surface area contributed by atoms with Gasteiger partial charge in [-0.05, 0) is 13.8 Å². The summed E-state index contributed by atoms with van der Waals surface area (Å²) in [5.41, 5.74) is 0. The molecular formula is C6H10O4. The number of carboxylic acid groups (broad SMARTS) is 1. The topological polar surface area (TPSA) is 55.8 Å². The number of hydrogen-bond donors (Lipinski definition) is 1. The molecule has 1 fully saturated rings. The van der Waals surface area contributed by atoms with Crippen LogP contribution in [-0.2, 0) is 14.3 Å². The summed E-state index contributed by atoms with van der Waals surface area (Å²) in [4.78, 5) is 10.4. The van der Waals surface area contributed by atoms with E-state index in [0.29, 0.717) is 0 Å². The average molecular weight is 146 g/mol. The van der Waals surface area contributed by atoms with Gasteiger partial charge in [0.25, 0.3) is 0 Å². The minimum Gasteiger partial charge on any atom is -0.479 e. The molecule has 10 heavy (non-hydrogen) atoms. The quantitative estimate of drug-likeness (QED) is 0.575. The van der Waals surface area contributed by atoms with E-state index in [1.54, 1.807) is 13.8 Å². The van der Waals surface area contributed by atoms with E-state index in [4.69, 9.17) is 14.6 Å². The lowest BCUT2D eigenvalue weighted by atomic mass is 10.2. The summed E-state index contributed by atoms with van der Waals surface area (Å²) in [6.45, 7) is 3.36. The first kappa shape index (κ1) is 7.50. The normalized spacial score (nSPS) is 40.0. The van der Waals surface area contributed by atoms with Crippen molar-refractivity contribution in [2.75, 3.05) is 0 Å². The van der Waals surface area contributed by atoms with E-state index < -0.39 is 18.4 Å².